The van der Waals surface area contributed by atoms with Crippen LogP contribution in [-0.4, -0.2) is 13.8 Å². The lowest BCUT2D eigenvalue weighted by Gasteiger charge is -2.18. The predicted molar refractivity (Wildman–Crippen MR) is 109 cm³/mol. The van der Waals surface area contributed by atoms with E-state index in [9.17, 15) is 12.8 Å². The second-order valence-corrected chi connectivity index (χ2v) is 9.34. The van der Waals surface area contributed by atoms with E-state index >= 15 is 0 Å². The van der Waals surface area contributed by atoms with Crippen molar-refractivity contribution in [2.45, 2.75) is 36.1 Å². The Hall–Kier alpha value is -2.50. The average molecular weight is 395 g/mol. The molecule has 3 aromatic carbocycles. The molecule has 1 N–H and O–H groups in total. The third-order valence-electron chi connectivity index (χ3n) is 5.32. The molecule has 3 nitrogen and oxygen atoms in total. The zero-order valence-corrected chi connectivity index (χ0v) is 16.4. The van der Waals surface area contributed by atoms with Gasteiger partial charge in [0.1, 0.15) is 11.2 Å². The summed E-state index contributed by atoms with van der Waals surface area (Å²) in [6.07, 6.45) is 1.03. The van der Waals surface area contributed by atoms with Crippen LogP contribution in [0.5, 0.6) is 0 Å². The Morgan fingerprint density at radius 1 is 0.893 bits per heavy atom. The Morgan fingerprint density at radius 2 is 1.54 bits per heavy atom. The Bertz CT molecular complexity index is 1080. The van der Waals surface area contributed by atoms with E-state index in [1.165, 1.54) is 0 Å². The van der Waals surface area contributed by atoms with Crippen LogP contribution in [0.1, 0.15) is 30.0 Å². The van der Waals surface area contributed by atoms with Gasteiger partial charge in [-0.2, -0.15) is 0 Å². The van der Waals surface area contributed by atoms with Gasteiger partial charge < -0.3 is 0 Å². The largest absolute Gasteiger partial charge is 0.294 e. The van der Waals surface area contributed by atoms with Crippen LogP contribution >= 0.6 is 0 Å². The van der Waals surface area contributed by atoms with Crippen LogP contribution in [0.25, 0.3) is 11.1 Å². The molecule has 2 unspecified atom stereocenters. The van der Waals surface area contributed by atoms with Crippen molar-refractivity contribution >= 4 is 9.84 Å². The van der Waals surface area contributed by atoms with Crippen molar-refractivity contribution in [2.75, 3.05) is 0 Å². The lowest BCUT2D eigenvalue weighted by atomic mass is 9.95. The van der Waals surface area contributed by atoms with E-state index in [0.717, 1.165) is 11.1 Å². The number of halogens is 1. The number of hydrogen-bond donors (Lipinski definition) is 1. The highest BCUT2D eigenvalue weighted by molar-refractivity contribution is 7.92. The summed E-state index contributed by atoms with van der Waals surface area (Å²) in [5, 5.41) is 2.46. The van der Waals surface area contributed by atoms with Crippen molar-refractivity contribution in [3.05, 3.63) is 89.7 Å². The maximum Gasteiger partial charge on any atom is 0.194 e. The van der Waals surface area contributed by atoms with Gasteiger partial charge in [0.05, 0.1) is 4.90 Å². The van der Waals surface area contributed by atoms with Crippen molar-refractivity contribution in [3.8, 4) is 11.1 Å². The number of nitrogens with one attached hydrogen (secondary N) is 1. The first-order valence-corrected chi connectivity index (χ1v) is 10.9. The monoisotopic (exact) mass is 395 g/mol. The van der Waals surface area contributed by atoms with Gasteiger partial charge in [0.2, 0.25) is 0 Å². The lowest BCUT2D eigenvalue weighted by molar-refractivity contribution is 0.536. The molecule has 1 saturated heterocycles. The quantitative estimate of drug-likeness (QED) is 0.674. The molecule has 144 valence electrons. The molecule has 0 saturated carbocycles. The van der Waals surface area contributed by atoms with Gasteiger partial charge in [-0.3, -0.25) is 5.32 Å². The van der Waals surface area contributed by atoms with Crippen molar-refractivity contribution in [3.63, 3.8) is 0 Å². The Kier molecular flexibility index (Phi) is 5.04. The number of hydrogen-bond acceptors (Lipinski definition) is 3. The van der Waals surface area contributed by atoms with Gasteiger partial charge in [-0.25, -0.2) is 12.8 Å². The summed E-state index contributed by atoms with van der Waals surface area (Å²) in [6.45, 7) is 1.75. The van der Waals surface area contributed by atoms with Crippen LogP contribution in [0, 0.1) is 12.7 Å². The van der Waals surface area contributed by atoms with E-state index in [1.54, 1.807) is 37.3 Å². The first kappa shape index (κ1) is 18.8. The molecular weight excluding hydrogens is 373 g/mol. The highest BCUT2D eigenvalue weighted by atomic mass is 32.2. The number of aryl methyl sites for hydroxylation is 1. The molecule has 0 bridgehead atoms. The van der Waals surface area contributed by atoms with Gasteiger partial charge in [0.25, 0.3) is 0 Å². The summed E-state index contributed by atoms with van der Waals surface area (Å²) in [6, 6.07) is 21.6. The lowest BCUT2D eigenvalue weighted by Crippen LogP contribution is -2.32. The van der Waals surface area contributed by atoms with Crippen molar-refractivity contribution in [2.24, 2.45) is 0 Å². The molecule has 1 aliphatic rings. The molecule has 5 heteroatoms. The van der Waals surface area contributed by atoms with Crippen LogP contribution in [0.4, 0.5) is 4.39 Å². The topological polar surface area (TPSA) is 46.2 Å². The molecule has 1 aliphatic heterocycles. The SMILES string of the molecule is Cc1cc(-c2ccccc2)cc(C2CCC(S(=O)(=O)c3ccccc3)N2)c1F. The number of benzene rings is 3. The fourth-order valence-electron chi connectivity index (χ4n) is 3.82. The molecule has 0 aromatic heterocycles. The van der Waals surface area contributed by atoms with E-state index in [4.69, 9.17) is 0 Å². The standard InChI is InChI=1S/C23H22FNO2S/c1-16-14-18(17-8-4-2-5-9-17)15-20(23(16)24)21-12-13-22(25-21)28(26,27)19-10-6-3-7-11-19/h2-11,14-15,21-22,25H,12-13H2,1H3. The molecule has 0 radical (unpaired) electrons. The summed E-state index contributed by atoms with van der Waals surface area (Å²) in [4.78, 5) is 0.294. The van der Waals surface area contributed by atoms with Gasteiger partial charge in [0.15, 0.2) is 9.84 Å². The van der Waals surface area contributed by atoms with Crippen LogP contribution in [0.15, 0.2) is 77.7 Å². The second-order valence-electron chi connectivity index (χ2n) is 7.21. The Balaban J connectivity index is 1.65. The normalized spacial score (nSPS) is 19.6. The maximum atomic E-state index is 14.9. The minimum atomic E-state index is -3.50. The van der Waals surface area contributed by atoms with Crippen LogP contribution in [-0.2, 0) is 9.84 Å². The summed E-state index contributed by atoms with van der Waals surface area (Å²) in [5.74, 6) is -0.269. The fourth-order valence-corrected chi connectivity index (χ4v) is 5.48. The minimum Gasteiger partial charge on any atom is -0.294 e. The number of sulfone groups is 1. The maximum absolute atomic E-state index is 14.9. The molecule has 0 spiro atoms. The third kappa shape index (κ3) is 3.48. The van der Waals surface area contributed by atoms with Crippen molar-refractivity contribution in [1.29, 1.82) is 0 Å². The molecule has 4 rings (SSSR count). The highest BCUT2D eigenvalue weighted by Crippen LogP contribution is 2.35. The summed E-state index contributed by atoms with van der Waals surface area (Å²) >= 11 is 0. The molecule has 0 aliphatic carbocycles. The molecule has 28 heavy (non-hydrogen) atoms. The van der Waals surface area contributed by atoms with E-state index in [1.807, 2.05) is 42.5 Å². The van der Waals surface area contributed by atoms with Crippen LogP contribution in [0.3, 0.4) is 0 Å². The molecule has 2 atom stereocenters. The molecular formula is C23H22FNO2S. The summed E-state index contributed by atoms with van der Waals surface area (Å²) < 4.78 is 40.7. The van der Waals surface area contributed by atoms with Crippen LogP contribution in [0.2, 0.25) is 0 Å². The molecule has 0 amide bonds. The van der Waals surface area contributed by atoms with Crippen molar-refractivity contribution < 1.29 is 12.8 Å². The minimum absolute atomic E-state index is 0.269. The van der Waals surface area contributed by atoms with E-state index in [2.05, 4.69) is 5.32 Å². The van der Waals surface area contributed by atoms with Gasteiger partial charge in [0, 0.05) is 11.6 Å². The van der Waals surface area contributed by atoms with Gasteiger partial charge in [-0.15, -0.1) is 0 Å². The zero-order valence-electron chi connectivity index (χ0n) is 15.6. The van der Waals surface area contributed by atoms with Crippen LogP contribution < -0.4 is 5.32 Å². The first-order chi connectivity index (χ1) is 13.5. The van der Waals surface area contributed by atoms with Crippen molar-refractivity contribution in [1.82, 2.24) is 5.32 Å². The zero-order chi connectivity index (χ0) is 19.7. The summed E-state index contributed by atoms with van der Waals surface area (Å²) in [5.41, 5.74) is 3.04. The van der Waals surface area contributed by atoms with E-state index in [0.29, 0.717) is 28.9 Å². The van der Waals surface area contributed by atoms with Gasteiger partial charge in [-0.1, -0.05) is 48.5 Å². The Labute approximate surface area is 165 Å². The predicted octanol–water partition coefficient (Wildman–Crippen LogP) is 5.03. The highest BCUT2D eigenvalue weighted by Gasteiger charge is 2.36. The average Bonchev–Trinajstić information content (AvgIpc) is 3.22. The molecule has 1 heterocycles. The first-order valence-electron chi connectivity index (χ1n) is 9.37. The summed E-state index contributed by atoms with van der Waals surface area (Å²) in [7, 11) is -3.50. The fraction of sp³-hybridized carbons (Fsp3) is 0.217. The number of rotatable bonds is 4. The van der Waals surface area contributed by atoms with Gasteiger partial charge >= 0.3 is 0 Å². The third-order valence-corrected chi connectivity index (χ3v) is 7.37. The smallest absolute Gasteiger partial charge is 0.194 e. The van der Waals surface area contributed by atoms with Gasteiger partial charge in [-0.05, 0) is 60.7 Å². The second kappa shape index (κ2) is 7.49. The van der Waals surface area contributed by atoms with E-state index < -0.39 is 15.2 Å². The molecule has 1 fully saturated rings. The van der Waals surface area contributed by atoms with E-state index in [-0.39, 0.29) is 11.9 Å². The molecule has 3 aromatic rings. The Morgan fingerprint density at radius 3 is 2.21 bits per heavy atom.